The Morgan fingerprint density at radius 2 is 1.95 bits per heavy atom. The lowest BCUT2D eigenvalue weighted by Crippen LogP contribution is -2.18. The van der Waals surface area contributed by atoms with Crippen LogP contribution in [-0.2, 0) is 4.79 Å². The number of nitrogens with one attached hydrogen (secondary N) is 2. The molecule has 0 aromatic heterocycles. The average molecular weight is 303 g/mol. The second-order valence-electron chi connectivity index (χ2n) is 4.22. The van der Waals surface area contributed by atoms with E-state index in [1.54, 1.807) is 12.3 Å². The number of carbonyl (C=O) groups excluding carboxylic acids is 1. The standard InChI is InChI=1S/C15H11ClN2OS/c16-10-6-7-12-13(8-10)20-14(15(19)18-12)9-17-11-4-2-1-3-5-11/h1-9,17H,(H,18,19)/b14-9-. The molecule has 2 N–H and O–H groups in total. The number of anilines is 2. The summed E-state index contributed by atoms with van der Waals surface area (Å²) < 4.78 is 0. The number of hydrogen-bond donors (Lipinski definition) is 2. The molecule has 0 fully saturated rings. The summed E-state index contributed by atoms with van der Waals surface area (Å²) in [4.78, 5) is 13.5. The molecule has 0 unspecified atom stereocenters. The molecule has 1 amide bonds. The summed E-state index contributed by atoms with van der Waals surface area (Å²) in [6, 6.07) is 15.1. The SMILES string of the molecule is O=C1Nc2ccc(Cl)cc2S/C1=C\Nc1ccccc1. The molecule has 1 aliphatic rings. The second kappa shape index (κ2) is 5.61. The molecular weight excluding hydrogens is 292 g/mol. The monoisotopic (exact) mass is 302 g/mol. The average Bonchev–Trinajstić information content (AvgIpc) is 2.46. The van der Waals surface area contributed by atoms with Gasteiger partial charge in [0.2, 0.25) is 0 Å². The first-order valence-corrected chi connectivity index (χ1v) is 7.22. The fraction of sp³-hybridized carbons (Fsp3) is 0. The van der Waals surface area contributed by atoms with Crippen molar-refractivity contribution in [1.29, 1.82) is 0 Å². The normalized spacial score (nSPS) is 15.7. The van der Waals surface area contributed by atoms with Gasteiger partial charge in [0.1, 0.15) is 0 Å². The molecule has 1 aliphatic heterocycles. The molecule has 0 saturated heterocycles. The van der Waals surface area contributed by atoms with Gasteiger partial charge in [-0.3, -0.25) is 4.79 Å². The lowest BCUT2D eigenvalue weighted by molar-refractivity contribution is -0.112. The van der Waals surface area contributed by atoms with Gasteiger partial charge < -0.3 is 10.6 Å². The third-order valence-corrected chi connectivity index (χ3v) is 4.10. The van der Waals surface area contributed by atoms with Crippen LogP contribution in [-0.4, -0.2) is 5.91 Å². The lowest BCUT2D eigenvalue weighted by Gasteiger charge is -2.18. The Labute approximate surface area is 126 Å². The second-order valence-corrected chi connectivity index (χ2v) is 5.74. The summed E-state index contributed by atoms with van der Waals surface area (Å²) in [5.74, 6) is -0.117. The number of para-hydroxylation sites is 1. The number of rotatable bonds is 2. The van der Waals surface area contributed by atoms with Gasteiger partial charge in [-0.05, 0) is 30.3 Å². The van der Waals surface area contributed by atoms with Gasteiger partial charge in [0.25, 0.3) is 5.91 Å². The molecule has 3 nitrogen and oxygen atoms in total. The summed E-state index contributed by atoms with van der Waals surface area (Å²) >= 11 is 7.37. The van der Waals surface area contributed by atoms with Gasteiger partial charge in [-0.2, -0.15) is 0 Å². The Kier molecular flexibility index (Phi) is 3.67. The van der Waals surface area contributed by atoms with E-state index in [1.807, 2.05) is 42.5 Å². The van der Waals surface area contributed by atoms with Crippen molar-refractivity contribution in [2.24, 2.45) is 0 Å². The number of thioether (sulfide) groups is 1. The Balaban J connectivity index is 1.83. The molecule has 0 spiro atoms. The first kappa shape index (κ1) is 13.1. The highest BCUT2D eigenvalue weighted by Gasteiger charge is 2.20. The summed E-state index contributed by atoms with van der Waals surface area (Å²) in [5, 5.41) is 6.62. The maximum absolute atomic E-state index is 12.0. The minimum Gasteiger partial charge on any atom is -0.360 e. The maximum Gasteiger partial charge on any atom is 0.263 e. The fourth-order valence-electron chi connectivity index (χ4n) is 1.81. The number of hydrogen-bond acceptors (Lipinski definition) is 3. The molecule has 0 atom stereocenters. The van der Waals surface area contributed by atoms with Crippen molar-refractivity contribution < 1.29 is 4.79 Å². The number of fused-ring (bicyclic) bond motifs is 1. The zero-order valence-corrected chi connectivity index (χ0v) is 12.0. The fourth-order valence-corrected chi connectivity index (χ4v) is 2.96. The quantitative estimate of drug-likeness (QED) is 0.811. The number of halogens is 1. The molecular formula is C15H11ClN2OS. The largest absolute Gasteiger partial charge is 0.360 e. The molecule has 0 radical (unpaired) electrons. The van der Waals surface area contributed by atoms with Crippen LogP contribution in [0.3, 0.4) is 0 Å². The Hall–Kier alpha value is -1.91. The van der Waals surface area contributed by atoms with Crippen molar-refractivity contribution in [3.8, 4) is 0 Å². The number of benzene rings is 2. The van der Waals surface area contributed by atoms with E-state index < -0.39 is 0 Å². The van der Waals surface area contributed by atoms with E-state index >= 15 is 0 Å². The van der Waals surface area contributed by atoms with E-state index in [4.69, 9.17) is 11.6 Å². The maximum atomic E-state index is 12.0. The van der Waals surface area contributed by atoms with Crippen molar-refractivity contribution in [3.63, 3.8) is 0 Å². The predicted octanol–water partition coefficient (Wildman–Crippen LogP) is 4.34. The van der Waals surface area contributed by atoms with Gasteiger partial charge in [0, 0.05) is 21.8 Å². The highest BCUT2D eigenvalue weighted by atomic mass is 35.5. The molecule has 1 heterocycles. The smallest absolute Gasteiger partial charge is 0.263 e. The summed E-state index contributed by atoms with van der Waals surface area (Å²) in [7, 11) is 0. The van der Waals surface area contributed by atoms with Crippen LogP contribution in [0.25, 0.3) is 0 Å². The Bertz CT molecular complexity index is 686. The molecule has 2 aromatic rings. The summed E-state index contributed by atoms with van der Waals surface area (Å²) in [6.45, 7) is 0. The lowest BCUT2D eigenvalue weighted by atomic mass is 10.3. The van der Waals surface area contributed by atoms with E-state index in [9.17, 15) is 4.79 Å². The van der Waals surface area contributed by atoms with E-state index in [0.717, 1.165) is 16.3 Å². The Morgan fingerprint density at radius 3 is 2.75 bits per heavy atom. The van der Waals surface area contributed by atoms with Crippen LogP contribution in [0.5, 0.6) is 0 Å². The van der Waals surface area contributed by atoms with E-state index in [-0.39, 0.29) is 5.91 Å². The van der Waals surface area contributed by atoms with Crippen LogP contribution in [0.15, 0.2) is 64.5 Å². The molecule has 100 valence electrons. The van der Waals surface area contributed by atoms with Crippen LogP contribution in [0, 0.1) is 0 Å². The molecule has 20 heavy (non-hydrogen) atoms. The summed E-state index contributed by atoms with van der Waals surface area (Å²) in [5.41, 5.74) is 1.73. The minimum absolute atomic E-state index is 0.117. The van der Waals surface area contributed by atoms with E-state index in [2.05, 4.69) is 10.6 Å². The zero-order valence-electron chi connectivity index (χ0n) is 10.4. The van der Waals surface area contributed by atoms with Gasteiger partial charge in [0.15, 0.2) is 0 Å². The van der Waals surface area contributed by atoms with Gasteiger partial charge in [-0.1, -0.05) is 41.6 Å². The van der Waals surface area contributed by atoms with Crippen molar-refractivity contribution in [3.05, 3.63) is 64.7 Å². The zero-order chi connectivity index (χ0) is 13.9. The third-order valence-electron chi connectivity index (χ3n) is 2.78. The first-order chi connectivity index (χ1) is 9.72. The minimum atomic E-state index is -0.117. The highest BCUT2D eigenvalue weighted by molar-refractivity contribution is 8.04. The van der Waals surface area contributed by atoms with Gasteiger partial charge >= 0.3 is 0 Å². The van der Waals surface area contributed by atoms with Gasteiger partial charge in [-0.25, -0.2) is 0 Å². The first-order valence-electron chi connectivity index (χ1n) is 6.03. The summed E-state index contributed by atoms with van der Waals surface area (Å²) in [6.07, 6.45) is 1.71. The van der Waals surface area contributed by atoms with Crippen molar-refractivity contribution in [1.82, 2.24) is 0 Å². The van der Waals surface area contributed by atoms with Crippen molar-refractivity contribution >= 4 is 40.6 Å². The van der Waals surface area contributed by atoms with Gasteiger partial charge in [0.05, 0.1) is 10.6 Å². The van der Waals surface area contributed by atoms with Crippen LogP contribution < -0.4 is 10.6 Å². The molecule has 2 aromatic carbocycles. The van der Waals surface area contributed by atoms with Crippen LogP contribution >= 0.6 is 23.4 Å². The molecule has 0 saturated carbocycles. The van der Waals surface area contributed by atoms with Crippen LogP contribution in [0.2, 0.25) is 5.02 Å². The topological polar surface area (TPSA) is 41.1 Å². The van der Waals surface area contributed by atoms with E-state index in [0.29, 0.717) is 9.93 Å². The number of amides is 1. The molecule has 5 heteroatoms. The van der Waals surface area contributed by atoms with E-state index in [1.165, 1.54) is 11.8 Å². The predicted molar refractivity (Wildman–Crippen MR) is 84.1 cm³/mol. The Morgan fingerprint density at radius 1 is 1.15 bits per heavy atom. The van der Waals surface area contributed by atoms with Crippen LogP contribution in [0.1, 0.15) is 0 Å². The molecule has 0 aliphatic carbocycles. The van der Waals surface area contributed by atoms with Crippen LogP contribution in [0.4, 0.5) is 11.4 Å². The third kappa shape index (κ3) is 2.81. The van der Waals surface area contributed by atoms with Crippen molar-refractivity contribution in [2.45, 2.75) is 4.90 Å². The van der Waals surface area contributed by atoms with Crippen molar-refractivity contribution in [2.75, 3.05) is 10.6 Å². The highest BCUT2D eigenvalue weighted by Crippen LogP contribution is 2.39. The molecule has 0 bridgehead atoms. The molecule has 3 rings (SSSR count). The number of carbonyl (C=O) groups is 1. The van der Waals surface area contributed by atoms with Gasteiger partial charge in [-0.15, -0.1) is 0 Å².